The molecule has 0 aliphatic heterocycles. The highest BCUT2D eigenvalue weighted by Crippen LogP contribution is 2.39. The monoisotopic (exact) mass is 326 g/mol. The van der Waals surface area contributed by atoms with Crippen molar-refractivity contribution in [3.8, 4) is 11.8 Å². The van der Waals surface area contributed by atoms with E-state index in [1.54, 1.807) is 0 Å². The number of hydrogen-bond acceptors (Lipinski definition) is 1. The zero-order valence-electron chi connectivity index (χ0n) is 15.0. The average Bonchev–Trinajstić information content (AvgIpc) is 2.64. The van der Waals surface area contributed by atoms with Crippen LogP contribution in [0, 0.1) is 11.8 Å². The summed E-state index contributed by atoms with van der Waals surface area (Å²) in [5, 5.41) is 0. The van der Waals surface area contributed by atoms with Crippen molar-refractivity contribution in [3.05, 3.63) is 88.5 Å². The molecule has 1 aliphatic rings. The number of allylic oxidation sites excluding steroid dienone is 3. The molecule has 0 radical (unpaired) electrons. The minimum absolute atomic E-state index is 0.200. The minimum atomic E-state index is -0.523. The molecule has 0 fully saturated rings. The minimum Gasteiger partial charge on any atom is -0.294 e. The quantitative estimate of drug-likeness (QED) is 0.683. The summed E-state index contributed by atoms with van der Waals surface area (Å²) < 4.78 is 0. The van der Waals surface area contributed by atoms with Gasteiger partial charge in [0.05, 0.1) is 5.41 Å². The lowest BCUT2D eigenvalue weighted by molar-refractivity contribution is -0.120. The molecule has 1 atom stereocenters. The Morgan fingerprint density at radius 2 is 1.76 bits per heavy atom. The Morgan fingerprint density at radius 3 is 2.52 bits per heavy atom. The van der Waals surface area contributed by atoms with Crippen molar-refractivity contribution in [3.63, 3.8) is 0 Å². The summed E-state index contributed by atoms with van der Waals surface area (Å²) in [5.41, 5.74) is 4.53. The number of Topliss-reactive ketones (excluding diaryl/α,β-unsaturated/α-hetero) is 1. The highest BCUT2D eigenvalue weighted by Gasteiger charge is 2.38. The van der Waals surface area contributed by atoms with Gasteiger partial charge < -0.3 is 0 Å². The second-order valence-electron chi connectivity index (χ2n) is 6.78. The van der Waals surface area contributed by atoms with Gasteiger partial charge in [-0.25, -0.2) is 0 Å². The molecule has 0 spiro atoms. The van der Waals surface area contributed by atoms with Gasteiger partial charge in [0.2, 0.25) is 0 Å². The molecule has 0 aromatic heterocycles. The summed E-state index contributed by atoms with van der Waals surface area (Å²) in [4.78, 5) is 12.9. The van der Waals surface area contributed by atoms with E-state index in [1.807, 2.05) is 69.3 Å². The Labute approximate surface area is 150 Å². The summed E-state index contributed by atoms with van der Waals surface area (Å²) in [6.07, 6.45) is 4.73. The third-order valence-corrected chi connectivity index (χ3v) is 4.78. The predicted octanol–water partition coefficient (Wildman–Crippen LogP) is 5.32. The number of carbonyl (C=O) groups is 1. The Kier molecular flexibility index (Phi) is 4.72. The van der Waals surface area contributed by atoms with E-state index in [-0.39, 0.29) is 5.78 Å². The molecule has 0 saturated carbocycles. The molecule has 1 heteroatoms. The van der Waals surface area contributed by atoms with Crippen molar-refractivity contribution in [1.82, 2.24) is 0 Å². The van der Waals surface area contributed by atoms with Gasteiger partial charge in [-0.2, -0.15) is 0 Å². The first-order valence-corrected chi connectivity index (χ1v) is 8.57. The fourth-order valence-electron chi connectivity index (χ4n) is 3.28. The Bertz CT molecular complexity index is 919. The molecule has 0 N–H and O–H groups in total. The first kappa shape index (κ1) is 17.0. The first-order valence-electron chi connectivity index (χ1n) is 8.57. The van der Waals surface area contributed by atoms with Gasteiger partial charge in [-0.15, -0.1) is 0 Å². The summed E-state index contributed by atoms with van der Waals surface area (Å²) in [6.45, 7) is 5.95. The van der Waals surface area contributed by atoms with Crippen molar-refractivity contribution in [2.75, 3.05) is 0 Å². The van der Waals surface area contributed by atoms with Crippen molar-refractivity contribution < 1.29 is 4.79 Å². The maximum absolute atomic E-state index is 12.9. The van der Waals surface area contributed by atoms with Crippen LogP contribution in [0.15, 0.2) is 71.8 Å². The van der Waals surface area contributed by atoms with Gasteiger partial charge in [-0.1, -0.05) is 60.4 Å². The maximum Gasteiger partial charge on any atom is 0.169 e. The predicted molar refractivity (Wildman–Crippen MR) is 104 cm³/mol. The van der Waals surface area contributed by atoms with Gasteiger partial charge in [0, 0.05) is 5.56 Å². The number of ketones is 1. The van der Waals surface area contributed by atoms with Crippen molar-refractivity contribution in [2.24, 2.45) is 0 Å². The third kappa shape index (κ3) is 3.49. The van der Waals surface area contributed by atoms with Gasteiger partial charge in [0.15, 0.2) is 5.78 Å². The summed E-state index contributed by atoms with van der Waals surface area (Å²) in [6, 6.07) is 18.1. The van der Waals surface area contributed by atoms with Gasteiger partial charge in [-0.05, 0) is 67.7 Å². The van der Waals surface area contributed by atoms with Crippen LogP contribution < -0.4 is 0 Å². The molecule has 3 rings (SSSR count). The summed E-state index contributed by atoms with van der Waals surface area (Å²) >= 11 is 0. The molecule has 124 valence electrons. The Balaban J connectivity index is 1.88. The molecule has 1 unspecified atom stereocenters. The van der Waals surface area contributed by atoms with Crippen LogP contribution in [0.4, 0.5) is 0 Å². The van der Waals surface area contributed by atoms with Gasteiger partial charge in [0.1, 0.15) is 0 Å². The molecule has 0 bridgehead atoms. The van der Waals surface area contributed by atoms with Gasteiger partial charge in [0.25, 0.3) is 0 Å². The molecule has 1 aliphatic carbocycles. The van der Waals surface area contributed by atoms with E-state index in [0.29, 0.717) is 6.42 Å². The molecular weight excluding hydrogens is 304 g/mol. The number of carbonyl (C=O) groups excluding carboxylic acids is 1. The smallest absolute Gasteiger partial charge is 0.169 e. The average molecular weight is 326 g/mol. The molecule has 0 saturated heterocycles. The summed E-state index contributed by atoms with van der Waals surface area (Å²) in [5.74, 6) is 6.56. The zero-order valence-corrected chi connectivity index (χ0v) is 15.0. The largest absolute Gasteiger partial charge is 0.294 e. The molecule has 1 nitrogen and oxygen atoms in total. The highest BCUT2D eigenvalue weighted by molar-refractivity contribution is 6.09. The second-order valence-corrected chi connectivity index (χ2v) is 6.78. The maximum atomic E-state index is 12.9. The number of fused-ring (bicyclic) bond motifs is 1. The standard InChI is InChI=1S/C24H22O/c1-18(13-14-20-9-5-4-6-10-20)15-16-24(3)22-12-8-7-11-21(22)17-19(2)23(24)25/h4-12,15,17H,16H2,1-3H3/b18-15-. The lowest BCUT2D eigenvalue weighted by Crippen LogP contribution is -2.35. The Morgan fingerprint density at radius 1 is 1.08 bits per heavy atom. The van der Waals surface area contributed by atoms with Gasteiger partial charge >= 0.3 is 0 Å². The van der Waals surface area contributed by atoms with Crippen LogP contribution in [0.5, 0.6) is 0 Å². The third-order valence-electron chi connectivity index (χ3n) is 4.78. The number of benzene rings is 2. The van der Waals surface area contributed by atoms with E-state index in [1.165, 1.54) is 0 Å². The van der Waals surface area contributed by atoms with E-state index in [9.17, 15) is 4.79 Å². The fraction of sp³-hybridized carbons (Fsp3) is 0.208. The second kappa shape index (κ2) is 6.95. The molecular formula is C24H22O. The summed E-state index contributed by atoms with van der Waals surface area (Å²) in [7, 11) is 0. The van der Waals surface area contributed by atoms with E-state index >= 15 is 0 Å². The first-order chi connectivity index (χ1) is 12.0. The van der Waals surface area contributed by atoms with Crippen LogP contribution >= 0.6 is 0 Å². The molecule has 2 aromatic rings. The lowest BCUT2D eigenvalue weighted by Gasteiger charge is -2.33. The van der Waals surface area contributed by atoms with E-state index in [0.717, 1.165) is 27.8 Å². The lowest BCUT2D eigenvalue weighted by atomic mass is 9.68. The topological polar surface area (TPSA) is 17.1 Å². The van der Waals surface area contributed by atoms with Crippen molar-refractivity contribution in [1.29, 1.82) is 0 Å². The van der Waals surface area contributed by atoms with Crippen LogP contribution in [-0.2, 0) is 10.2 Å². The van der Waals surface area contributed by atoms with E-state index in [4.69, 9.17) is 0 Å². The highest BCUT2D eigenvalue weighted by atomic mass is 16.1. The molecule has 25 heavy (non-hydrogen) atoms. The van der Waals surface area contributed by atoms with E-state index in [2.05, 4.69) is 30.0 Å². The normalized spacial score (nSPS) is 19.6. The zero-order chi connectivity index (χ0) is 17.9. The molecule has 0 heterocycles. The number of rotatable bonds is 2. The van der Waals surface area contributed by atoms with Gasteiger partial charge in [-0.3, -0.25) is 4.79 Å². The van der Waals surface area contributed by atoms with Crippen LogP contribution in [0.1, 0.15) is 43.9 Å². The molecule has 0 amide bonds. The van der Waals surface area contributed by atoms with Crippen LogP contribution in [-0.4, -0.2) is 5.78 Å². The van der Waals surface area contributed by atoms with Crippen molar-refractivity contribution in [2.45, 2.75) is 32.6 Å². The molecule has 2 aromatic carbocycles. The number of hydrogen-bond donors (Lipinski definition) is 0. The fourth-order valence-corrected chi connectivity index (χ4v) is 3.28. The van der Waals surface area contributed by atoms with Crippen LogP contribution in [0.25, 0.3) is 6.08 Å². The SMILES string of the molecule is CC1=Cc2ccccc2C(C)(C/C=C(/C)C#Cc2ccccc2)C1=O. The van der Waals surface area contributed by atoms with Crippen LogP contribution in [0.2, 0.25) is 0 Å². The Hall–Kier alpha value is -2.85. The van der Waals surface area contributed by atoms with Crippen molar-refractivity contribution >= 4 is 11.9 Å². The van der Waals surface area contributed by atoms with Crippen LogP contribution in [0.3, 0.4) is 0 Å². The van der Waals surface area contributed by atoms with E-state index < -0.39 is 5.41 Å².